The van der Waals surface area contributed by atoms with Gasteiger partial charge >= 0.3 is 0 Å². The summed E-state index contributed by atoms with van der Waals surface area (Å²) in [6.07, 6.45) is 0. The first-order chi connectivity index (χ1) is 32.5. The molecule has 2 aliphatic heterocycles. The predicted molar refractivity (Wildman–Crippen MR) is 281 cm³/mol. The van der Waals surface area contributed by atoms with Gasteiger partial charge in [0.1, 0.15) is 0 Å². The molecule has 0 amide bonds. The van der Waals surface area contributed by atoms with Crippen molar-refractivity contribution in [1.29, 1.82) is 0 Å². The van der Waals surface area contributed by atoms with E-state index in [1.807, 2.05) is 0 Å². The van der Waals surface area contributed by atoms with Crippen LogP contribution in [0.3, 0.4) is 0 Å². The highest BCUT2D eigenvalue weighted by Gasteiger charge is 2.42. The molecule has 0 atom stereocenters. The maximum atomic E-state index is 2.60. The van der Waals surface area contributed by atoms with Crippen molar-refractivity contribution in [2.75, 3.05) is 9.80 Å². The number of aromatic nitrogens is 2. The van der Waals surface area contributed by atoms with E-state index in [2.05, 4.69) is 246 Å². The minimum Gasteiger partial charge on any atom is -0.315 e. The van der Waals surface area contributed by atoms with Gasteiger partial charge in [0.15, 0.2) is 0 Å². The zero-order valence-electron chi connectivity index (χ0n) is 37.0. The highest BCUT2D eigenvalue weighted by atomic mass is 15.2. The molecule has 5 heteroatoms. The number of rotatable bonds is 6. The smallest absolute Gasteiger partial charge is 0.252 e. The van der Waals surface area contributed by atoms with Gasteiger partial charge < -0.3 is 18.9 Å². The molecule has 10 aromatic carbocycles. The van der Waals surface area contributed by atoms with Crippen LogP contribution >= 0.6 is 0 Å². The molecule has 0 radical (unpaired) electrons. The molecule has 14 rings (SSSR count). The number of benzene rings is 10. The lowest BCUT2D eigenvalue weighted by atomic mass is 9.34. The molecule has 0 spiro atoms. The van der Waals surface area contributed by atoms with Crippen molar-refractivity contribution in [2.24, 2.45) is 0 Å². The summed E-state index contributed by atoms with van der Waals surface area (Å²) in [7, 11) is 0. The minimum atomic E-state index is 0.00265. The summed E-state index contributed by atoms with van der Waals surface area (Å²) in [4.78, 5) is 4.95. The third kappa shape index (κ3) is 5.11. The van der Waals surface area contributed by atoms with E-state index in [4.69, 9.17) is 0 Å². The SMILES string of the molecule is Cc1ccc2c3c4c(cc2c1)-n1c(C)cc2c(N(c5ccccc5)c5cccc6ccccc56)ccc(c21)B4c1ccc(N(c2ccccc2)c2cccc4ccccc24)c2cc(C)n-3c12. The molecule has 12 aromatic rings. The van der Waals surface area contributed by atoms with Crippen molar-refractivity contribution in [3.05, 3.63) is 223 Å². The van der Waals surface area contributed by atoms with Gasteiger partial charge in [0.05, 0.1) is 39.5 Å². The van der Waals surface area contributed by atoms with Crippen LogP contribution in [-0.4, -0.2) is 15.8 Å². The summed E-state index contributed by atoms with van der Waals surface area (Å²) in [6.45, 7) is 6.80. The Kier molecular flexibility index (Phi) is 7.80. The third-order valence-electron chi connectivity index (χ3n) is 14.5. The Morgan fingerprint density at radius 3 is 1.42 bits per heavy atom. The van der Waals surface area contributed by atoms with Crippen LogP contribution < -0.4 is 26.2 Å². The van der Waals surface area contributed by atoms with E-state index in [9.17, 15) is 0 Å². The van der Waals surface area contributed by atoms with Crippen molar-refractivity contribution in [3.8, 4) is 11.4 Å². The summed E-state index contributed by atoms with van der Waals surface area (Å²) in [5.41, 5.74) is 19.8. The van der Waals surface area contributed by atoms with E-state index in [-0.39, 0.29) is 6.71 Å². The van der Waals surface area contributed by atoms with Crippen molar-refractivity contribution in [3.63, 3.8) is 0 Å². The lowest BCUT2D eigenvalue weighted by Crippen LogP contribution is -2.59. The standard InChI is InChI=1S/C61H43BN4/c1-38-28-29-48-43(34-38)37-57-58-61(48)64-40(3)36-50-56(66(45-22-8-5-9-23-45)54-27-15-19-42-17-11-13-25-47(42)54)33-31-52(60(50)64)62(58)51-30-32-55(49-35-39(2)63(57)59(49)51)65(44-20-6-4-7-21-44)53-26-14-18-41-16-10-12-24-46(41)53/h4-37H,1-3H3. The van der Waals surface area contributed by atoms with Crippen LogP contribution in [0.1, 0.15) is 17.0 Å². The molecule has 2 aliphatic rings. The molecule has 0 N–H and O–H groups in total. The minimum absolute atomic E-state index is 0.00265. The Labute approximate surface area is 383 Å². The predicted octanol–water partition coefficient (Wildman–Crippen LogP) is 14.0. The molecule has 0 saturated heterocycles. The Bertz CT molecular complexity index is 3980. The molecule has 310 valence electrons. The monoisotopic (exact) mass is 842 g/mol. The van der Waals surface area contributed by atoms with Crippen LogP contribution in [0.15, 0.2) is 206 Å². The second-order valence-electron chi connectivity index (χ2n) is 18.3. The molecule has 0 bridgehead atoms. The van der Waals surface area contributed by atoms with Crippen molar-refractivity contribution >= 4 is 111 Å². The number of nitrogens with zero attached hydrogens (tertiary/aromatic N) is 4. The highest BCUT2D eigenvalue weighted by molar-refractivity contribution is 7.00. The maximum absolute atomic E-state index is 2.60. The average Bonchev–Trinajstić information content (AvgIpc) is 3.90. The van der Waals surface area contributed by atoms with E-state index in [0.717, 1.165) is 22.7 Å². The fourth-order valence-electron chi connectivity index (χ4n) is 11.8. The van der Waals surface area contributed by atoms with Crippen LogP contribution in [0.25, 0.3) is 65.5 Å². The summed E-state index contributed by atoms with van der Waals surface area (Å²) >= 11 is 0. The molecule has 0 unspecified atom stereocenters. The van der Waals surface area contributed by atoms with Gasteiger partial charge in [-0.25, -0.2) is 0 Å². The van der Waals surface area contributed by atoms with E-state index < -0.39 is 0 Å². The summed E-state index contributed by atoms with van der Waals surface area (Å²) in [5.74, 6) is 0. The van der Waals surface area contributed by atoms with Crippen molar-refractivity contribution < 1.29 is 0 Å². The quantitative estimate of drug-likeness (QED) is 0.155. The Hall–Kier alpha value is -8.28. The molecule has 0 fully saturated rings. The van der Waals surface area contributed by atoms with E-state index in [0.29, 0.717) is 0 Å². The van der Waals surface area contributed by atoms with Gasteiger partial charge in [-0.1, -0.05) is 145 Å². The topological polar surface area (TPSA) is 16.3 Å². The van der Waals surface area contributed by atoms with Gasteiger partial charge in [-0.05, 0) is 120 Å². The van der Waals surface area contributed by atoms with E-state index >= 15 is 0 Å². The van der Waals surface area contributed by atoms with Crippen molar-refractivity contribution in [1.82, 2.24) is 9.13 Å². The fraction of sp³-hybridized carbons (Fsp3) is 0.0492. The number of hydrogen-bond acceptors (Lipinski definition) is 2. The second kappa shape index (κ2) is 13.9. The Morgan fingerprint density at radius 1 is 0.364 bits per heavy atom. The summed E-state index contributed by atoms with van der Waals surface area (Å²) in [5, 5.41) is 9.92. The van der Waals surface area contributed by atoms with Gasteiger partial charge in [-0.2, -0.15) is 0 Å². The average molecular weight is 843 g/mol. The summed E-state index contributed by atoms with van der Waals surface area (Å²) in [6, 6.07) is 76.7. The molecule has 0 saturated carbocycles. The van der Waals surface area contributed by atoms with Gasteiger partial charge in [0.25, 0.3) is 6.71 Å². The Balaban J connectivity index is 1.08. The first kappa shape index (κ1) is 37.1. The molecular formula is C61H43BN4. The van der Waals surface area contributed by atoms with Crippen molar-refractivity contribution in [2.45, 2.75) is 20.8 Å². The summed E-state index contributed by atoms with van der Waals surface area (Å²) < 4.78 is 5.17. The van der Waals surface area contributed by atoms with Crippen LogP contribution in [0.2, 0.25) is 0 Å². The first-order valence-electron chi connectivity index (χ1n) is 23.1. The van der Waals surface area contributed by atoms with Crippen LogP contribution in [0.4, 0.5) is 34.1 Å². The number of hydrogen-bond donors (Lipinski definition) is 0. The van der Waals surface area contributed by atoms with Gasteiger partial charge in [-0.3, -0.25) is 0 Å². The van der Waals surface area contributed by atoms with E-state index in [1.54, 1.807) is 0 Å². The fourth-order valence-corrected chi connectivity index (χ4v) is 11.8. The van der Waals surface area contributed by atoms with Crippen LogP contribution in [0.5, 0.6) is 0 Å². The highest BCUT2D eigenvalue weighted by Crippen LogP contribution is 2.47. The van der Waals surface area contributed by atoms with E-state index in [1.165, 1.54) is 110 Å². The molecule has 0 aliphatic carbocycles. The number of para-hydroxylation sites is 2. The Morgan fingerprint density at radius 2 is 0.848 bits per heavy atom. The third-order valence-corrected chi connectivity index (χ3v) is 14.5. The number of fused-ring (bicyclic) bond motifs is 8. The molecule has 2 aromatic heterocycles. The van der Waals surface area contributed by atoms with Crippen LogP contribution in [-0.2, 0) is 0 Å². The second-order valence-corrected chi connectivity index (χ2v) is 18.3. The normalized spacial score (nSPS) is 12.4. The van der Waals surface area contributed by atoms with Crippen LogP contribution in [0, 0.1) is 20.8 Å². The molecule has 4 nitrogen and oxygen atoms in total. The van der Waals surface area contributed by atoms with Gasteiger partial charge in [0, 0.05) is 55.4 Å². The number of anilines is 6. The molecular weight excluding hydrogens is 800 g/mol. The zero-order chi connectivity index (χ0) is 43.8. The largest absolute Gasteiger partial charge is 0.315 e. The number of aryl methyl sites for hydroxylation is 3. The lowest BCUT2D eigenvalue weighted by Gasteiger charge is -2.36. The van der Waals surface area contributed by atoms with Gasteiger partial charge in [-0.15, -0.1) is 0 Å². The maximum Gasteiger partial charge on any atom is 0.252 e. The van der Waals surface area contributed by atoms with Gasteiger partial charge in [0.2, 0.25) is 0 Å². The zero-order valence-corrected chi connectivity index (χ0v) is 37.0. The molecule has 66 heavy (non-hydrogen) atoms. The first-order valence-corrected chi connectivity index (χ1v) is 23.1. The molecule has 4 heterocycles. The lowest BCUT2D eigenvalue weighted by molar-refractivity contribution is 1.04.